The summed E-state index contributed by atoms with van der Waals surface area (Å²) in [6.45, 7) is 6.79. The third-order valence-electron chi connectivity index (χ3n) is 4.22. The number of halogens is 1. The van der Waals surface area contributed by atoms with Gasteiger partial charge >= 0.3 is 0 Å². The van der Waals surface area contributed by atoms with Crippen molar-refractivity contribution in [2.45, 2.75) is 33.4 Å². The number of nitrogens with zero attached hydrogens (tertiary/aromatic N) is 3. The van der Waals surface area contributed by atoms with Gasteiger partial charge in [-0.05, 0) is 39.0 Å². The van der Waals surface area contributed by atoms with Crippen molar-refractivity contribution in [3.8, 4) is 11.3 Å². The first-order valence-electron chi connectivity index (χ1n) is 8.14. The van der Waals surface area contributed by atoms with Crippen molar-refractivity contribution in [1.29, 1.82) is 0 Å². The summed E-state index contributed by atoms with van der Waals surface area (Å²) in [4.78, 5) is 12.5. The Morgan fingerprint density at radius 1 is 1.36 bits per heavy atom. The monoisotopic (exact) mass is 357 g/mol. The predicted molar refractivity (Wildman–Crippen MR) is 97.6 cm³/mol. The second-order valence-corrected chi connectivity index (χ2v) is 6.31. The van der Waals surface area contributed by atoms with Gasteiger partial charge in [0.05, 0.1) is 17.9 Å². The van der Waals surface area contributed by atoms with Crippen LogP contribution < -0.4 is 5.32 Å². The number of H-pyrrole nitrogens is 1. The van der Waals surface area contributed by atoms with E-state index in [0.717, 1.165) is 23.4 Å². The molecule has 0 aliphatic rings. The lowest BCUT2D eigenvalue weighted by molar-refractivity contribution is 0.0934. The molecule has 1 unspecified atom stereocenters. The minimum atomic E-state index is -0.205. The maximum Gasteiger partial charge on any atom is 0.269 e. The second-order valence-electron chi connectivity index (χ2n) is 5.87. The molecule has 130 valence electrons. The first-order valence-corrected chi connectivity index (χ1v) is 8.52. The quantitative estimate of drug-likeness (QED) is 0.730. The molecule has 0 fully saturated rings. The molecule has 0 spiro atoms. The number of aromatic nitrogens is 4. The van der Waals surface area contributed by atoms with Crippen LogP contribution in [-0.2, 0) is 6.54 Å². The molecule has 7 heteroatoms. The van der Waals surface area contributed by atoms with Crippen LogP contribution in [0.15, 0.2) is 36.5 Å². The molecule has 0 bridgehead atoms. The van der Waals surface area contributed by atoms with Crippen LogP contribution in [0.1, 0.15) is 41.6 Å². The van der Waals surface area contributed by atoms with Gasteiger partial charge in [0, 0.05) is 28.4 Å². The van der Waals surface area contributed by atoms with Gasteiger partial charge in [-0.15, -0.1) is 0 Å². The third-order valence-corrected chi connectivity index (χ3v) is 4.47. The van der Waals surface area contributed by atoms with Crippen molar-refractivity contribution >= 4 is 17.5 Å². The number of aromatic amines is 1. The van der Waals surface area contributed by atoms with E-state index in [1.54, 1.807) is 24.4 Å². The van der Waals surface area contributed by atoms with E-state index in [1.165, 1.54) is 0 Å². The van der Waals surface area contributed by atoms with Crippen LogP contribution in [0, 0.1) is 6.92 Å². The lowest BCUT2D eigenvalue weighted by Gasteiger charge is -2.13. The van der Waals surface area contributed by atoms with Crippen LogP contribution in [0.2, 0.25) is 5.02 Å². The zero-order valence-corrected chi connectivity index (χ0v) is 15.1. The molecule has 0 aliphatic carbocycles. The van der Waals surface area contributed by atoms with Gasteiger partial charge in [0.2, 0.25) is 0 Å². The van der Waals surface area contributed by atoms with Crippen LogP contribution in [0.3, 0.4) is 0 Å². The summed E-state index contributed by atoms with van der Waals surface area (Å²) < 4.78 is 1.91. The Balaban J connectivity index is 1.73. The van der Waals surface area contributed by atoms with E-state index in [-0.39, 0.29) is 11.9 Å². The van der Waals surface area contributed by atoms with Gasteiger partial charge in [-0.3, -0.25) is 14.6 Å². The highest BCUT2D eigenvalue weighted by molar-refractivity contribution is 6.30. The van der Waals surface area contributed by atoms with E-state index >= 15 is 0 Å². The van der Waals surface area contributed by atoms with E-state index in [0.29, 0.717) is 16.4 Å². The number of hydrogen-bond acceptors (Lipinski definition) is 3. The molecule has 1 atom stereocenters. The van der Waals surface area contributed by atoms with E-state index < -0.39 is 0 Å². The van der Waals surface area contributed by atoms with E-state index in [2.05, 4.69) is 20.6 Å². The van der Waals surface area contributed by atoms with Crippen molar-refractivity contribution in [2.24, 2.45) is 0 Å². The molecule has 3 aromatic rings. The Labute approximate surface area is 151 Å². The zero-order chi connectivity index (χ0) is 18.0. The summed E-state index contributed by atoms with van der Waals surface area (Å²) in [7, 11) is 0. The van der Waals surface area contributed by atoms with Gasteiger partial charge < -0.3 is 5.32 Å². The molecule has 1 amide bonds. The number of hydrogen-bond donors (Lipinski definition) is 2. The Hall–Kier alpha value is -2.60. The number of carbonyl (C=O) groups is 1. The molecule has 0 saturated carbocycles. The summed E-state index contributed by atoms with van der Waals surface area (Å²) in [5.41, 5.74) is 4.07. The highest BCUT2D eigenvalue weighted by Crippen LogP contribution is 2.21. The van der Waals surface area contributed by atoms with Crippen molar-refractivity contribution in [3.05, 3.63) is 58.5 Å². The average molecular weight is 358 g/mol. The van der Waals surface area contributed by atoms with E-state index in [4.69, 9.17) is 11.6 Å². The minimum absolute atomic E-state index is 0.143. The molecule has 1 aromatic carbocycles. The number of rotatable bonds is 5. The van der Waals surface area contributed by atoms with E-state index in [1.807, 2.05) is 37.6 Å². The molecule has 2 aromatic heterocycles. The molecule has 2 N–H and O–H groups in total. The van der Waals surface area contributed by atoms with Gasteiger partial charge in [0.1, 0.15) is 5.69 Å². The molecule has 25 heavy (non-hydrogen) atoms. The smallest absolute Gasteiger partial charge is 0.269 e. The standard InChI is InChI=1S/C18H20ClN5O/c1-4-24-12(3)15(10-20-24)11(2)21-18(25)17-9-16(22-23-17)13-5-7-14(19)8-6-13/h5-11H,4H2,1-3H3,(H,21,25)(H,22,23). The summed E-state index contributed by atoms with van der Waals surface area (Å²) >= 11 is 5.90. The highest BCUT2D eigenvalue weighted by atomic mass is 35.5. The van der Waals surface area contributed by atoms with Crippen LogP contribution in [-0.4, -0.2) is 25.9 Å². The molecule has 2 heterocycles. The van der Waals surface area contributed by atoms with Gasteiger partial charge in [-0.25, -0.2) is 0 Å². The first-order chi connectivity index (χ1) is 12.0. The topological polar surface area (TPSA) is 75.6 Å². The Kier molecular flexibility index (Phi) is 4.90. The van der Waals surface area contributed by atoms with Gasteiger partial charge in [-0.2, -0.15) is 10.2 Å². The Morgan fingerprint density at radius 2 is 2.08 bits per heavy atom. The van der Waals surface area contributed by atoms with Gasteiger partial charge in [0.15, 0.2) is 0 Å². The van der Waals surface area contributed by atoms with Crippen molar-refractivity contribution in [1.82, 2.24) is 25.3 Å². The molecule has 0 radical (unpaired) electrons. The van der Waals surface area contributed by atoms with Crippen LogP contribution >= 0.6 is 11.6 Å². The van der Waals surface area contributed by atoms with Crippen molar-refractivity contribution in [3.63, 3.8) is 0 Å². The van der Waals surface area contributed by atoms with Crippen molar-refractivity contribution in [2.75, 3.05) is 0 Å². The maximum atomic E-state index is 12.5. The first kappa shape index (κ1) is 17.2. The Bertz CT molecular complexity index is 881. The van der Waals surface area contributed by atoms with Crippen LogP contribution in [0.25, 0.3) is 11.3 Å². The maximum absolute atomic E-state index is 12.5. The van der Waals surface area contributed by atoms with Crippen LogP contribution in [0.5, 0.6) is 0 Å². The molecular weight excluding hydrogens is 338 g/mol. The molecule has 6 nitrogen and oxygen atoms in total. The summed E-state index contributed by atoms with van der Waals surface area (Å²) in [6.07, 6.45) is 1.80. The van der Waals surface area contributed by atoms with Crippen LogP contribution in [0.4, 0.5) is 0 Å². The lowest BCUT2D eigenvalue weighted by atomic mass is 10.1. The molecular formula is C18H20ClN5O. The summed E-state index contributed by atoms with van der Waals surface area (Å²) in [6, 6.07) is 8.91. The lowest BCUT2D eigenvalue weighted by Crippen LogP contribution is -2.27. The largest absolute Gasteiger partial charge is 0.344 e. The normalized spacial score (nSPS) is 12.2. The SMILES string of the molecule is CCn1ncc(C(C)NC(=O)c2cc(-c3ccc(Cl)cc3)n[nH]2)c1C. The fraction of sp³-hybridized carbons (Fsp3) is 0.278. The summed E-state index contributed by atoms with van der Waals surface area (Å²) in [5, 5.41) is 15.0. The predicted octanol–water partition coefficient (Wildman–Crippen LogP) is 3.75. The number of nitrogens with one attached hydrogen (secondary N) is 2. The van der Waals surface area contributed by atoms with Gasteiger partial charge in [0.25, 0.3) is 5.91 Å². The highest BCUT2D eigenvalue weighted by Gasteiger charge is 2.17. The van der Waals surface area contributed by atoms with Gasteiger partial charge in [-0.1, -0.05) is 23.7 Å². The Morgan fingerprint density at radius 3 is 2.72 bits per heavy atom. The third kappa shape index (κ3) is 3.58. The molecule has 0 saturated heterocycles. The molecule has 0 aliphatic heterocycles. The fourth-order valence-corrected chi connectivity index (χ4v) is 2.89. The molecule has 3 rings (SSSR count). The fourth-order valence-electron chi connectivity index (χ4n) is 2.76. The zero-order valence-electron chi connectivity index (χ0n) is 14.4. The number of aryl methyl sites for hydroxylation is 1. The number of carbonyl (C=O) groups excluding carboxylic acids is 1. The second kappa shape index (κ2) is 7.11. The number of amides is 1. The summed E-state index contributed by atoms with van der Waals surface area (Å²) in [5.74, 6) is -0.205. The van der Waals surface area contributed by atoms with E-state index in [9.17, 15) is 4.79 Å². The minimum Gasteiger partial charge on any atom is -0.344 e. The van der Waals surface area contributed by atoms with Crippen molar-refractivity contribution < 1.29 is 4.79 Å². The average Bonchev–Trinajstić information content (AvgIpc) is 3.22. The number of benzene rings is 1.